The molecular weight excluding hydrogens is 234 g/mol. The summed E-state index contributed by atoms with van der Waals surface area (Å²) in [5, 5.41) is 11.8. The van der Waals surface area contributed by atoms with Gasteiger partial charge in [-0.25, -0.2) is 0 Å². The highest BCUT2D eigenvalue weighted by atomic mass is 16.3. The summed E-state index contributed by atoms with van der Waals surface area (Å²) in [5.74, 6) is -0.523. The number of carbonyl (C=O) groups is 2. The number of rotatable bonds is 3. The molecule has 2 amide bonds. The molecule has 1 aromatic carbocycles. The van der Waals surface area contributed by atoms with Crippen LogP contribution in [-0.4, -0.2) is 36.6 Å². The van der Waals surface area contributed by atoms with E-state index in [1.807, 2.05) is 0 Å². The number of nitrogens with one attached hydrogen (secondary N) is 1. The lowest BCUT2D eigenvalue weighted by Gasteiger charge is -2.12. The van der Waals surface area contributed by atoms with Crippen LogP contribution in [0.1, 0.15) is 5.56 Å². The van der Waals surface area contributed by atoms with E-state index in [0.717, 1.165) is 11.3 Å². The van der Waals surface area contributed by atoms with Gasteiger partial charge in [-0.15, -0.1) is 0 Å². The highest BCUT2D eigenvalue weighted by Gasteiger charge is 2.24. The van der Waals surface area contributed by atoms with Crippen molar-refractivity contribution < 1.29 is 14.7 Å². The van der Waals surface area contributed by atoms with Crippen LogP contribution >= 0.6 is 0 Å². The Bertz CT molecular complexity index is 501. The summed E-state index contributed by atoms with van der Waals surface area (Å²) in [6, 6.07) is 5.19. The van der Waals surface area contributed by atoms with Crippen molar-refractivity contribution in [2.24, 2.45) is 5.73 Å². The first-order chi connectivity index (χ1) is 8.52. The molecule has 1 aliphatic heterocycles. The molecule has 96 valence electrons. The molecule has 4 N–H and O–H groups in total. The summed E-state index contributed by atoms with van der Waals surface area (Å²) >= 11 is 0. The number of aliphatic hydroxyl groups is 1. The molecule has 1 aromatic rings. The van der Waals surface area contributed by atoms with Gasteiger partial charge in [-0.05, 0) is 23.8 Å². The van der Waals surface area contributed by atoms with Crippen LogP contribution in [0.15, 0.2) is 18.2 Å². The Kier molecular flexibility index (Phi) is 3.31. The second kappa shape index (κ2) is 4.75. The molecule has 1 unspecified atom stereocenters. The number of likely N-dealkylation sites (N-methyl/N-ethyl adjacent to an activating group) is 1. The van der Waals surface area contributed by atoms with Crippen molar-refractivity contribution in [2.45, 2.75) is 12.5 Å². The molecule has 6 heteroatoms. The molecule has 0 saturated heterocycles. The summed E-state index contributed by atoms with van der Waals surface area (Å²) in [7, 11) is 1.71. The minimum atomic E-state index is -1.22. The lowest BCUT2D eigenvalue weighted by molar-refractivity contribution is -0.123. The third kappa shape index (κ3) is 2.20. The zero-order chi connectivity index (χ0) is 13.3. The van der Waals surface area contributed by atoms with Gasteiger partial charge in [-0.1, -0.05) is 0 Å². The fraction of sp³-hybridized carbons (Fsp3) is 0.333. The third-order valence-electron chi connectivity index (χ3n) is 2.95. The molecule has 0 aromatic heterocycles. The Balaban J connectivity index is 2.16. The van der Waals surface area contributed by atoms with Crippen LogP contribution in [-0.2, 0) is 16.0 Å². The molecule has 0 bridgehead atoms. The number of benzene rings is 1. The van der Waals surface area contributed by atoms with Crippen LogP contribution in [0.4, 0.5) is 11.4 Å². The van der Waals surface area contributed by atoms with Gasteiger partial charge in [0.15, 0.2) is 0 Å². The van der Waals surface area contributed by atoms with Crippen LogP contribution in [0.3, 0.4) is 0 Å². The number of amides is 2. The maximum Gasteiger partial charge on any atom is 0.254 e. The maximum absolute atomic E-state index is 11.5. The second-order valence-corrected chi connectivity index (χ2v) is 4.21. The van der Waals surface area contributed by atoms with Crippen LogP contribution < -0.4 is 16.0 Å². The van der Waals surface area contributed by atoms with E-state index < -0.39 is 12.0 Å². The number of hydrogen-bond donors (Lipinski definition) is 3. The summed E-state index contributed by atoms with van der Waals surface area (Å²) in [6.45, 7) is -0.127. The minimum absolute atomic E-state index is 0.0236. The third-order valence-corrected chi connectivity index (χ3v) is 2.95. The van der Waals surface area contributed by atoms with E-state index in [0.29, 0.717) is 12.1 Å². The summed E-state index contributed by atoms with van der Waals surface area (Å²) < 4.78 is 0. The van der Waals surface area contributed by atoms with Gasteiger partial charge >= 0.3 is 0 Å². The van der Waals surface area contributed by atoms with Gasteiger partial charge in [0.1, 0.15) is 6.10 Å². The predicted molar refractivity (Wildman–Crippen MR) is 67.2 cm³/mol. The SMILES string of the molecule is CN1C(=O)Cc2cc(NC(=O)C(O)CN)ccc21. The number of nitrogens with two attached hydrogens (primary N) is 1. The highest BCUT2D eigenvalue weighted by Crippen LogP contribution is 2.29. The fourth-order valence-electron chi connectivity index (χ4n) is 1.88. The van der Waals surface area contributed by atoms with Crippen molar-refractivity contribution in [1.82, 2.24) is 0 Å². The highest BCUT2D eigenvalue weighted by molar-refractivity contribution is 6.02. The number of carbonyl (C=O) groups excluding carboxylic acids is 2. The van der Waals surface area contributed by atoms with E-state index in [9.17, 15) is 14.7 Å². The molecule has 2 rings (SSSR count). The molecule has 6 nitrogen and oxygen atoms in total. The first-order valence-electron chi connectivity index (χ1n) is 5.61. The van der Waals surface area contributed by atoms with Crippen molar-refractivity contribution in [3.8, 4) is 0 Å². The molecule has 18 heavy (non-hydrogen) atoms. The van der Waals surface area contributed by atoms with Gasteiger partial charge in [0.05, 0.1) is 6.42 Å². The monoisotopic (exact) mass is 249 g/mol. The van der Waals surface area contributed by atoms with Crippen molar-refractivity contribution in [1.29, 1.82) is 0 Å². The smallest absolute Gasteiger partial charge is 0.254 e. The summed E-state index contributed by atoms with van der Waals surface area (Å²) in [6.07, 6.45) is -0.891. The van der Waals surface area contributed by atoms with Gasteiger partial charge in [-0.3, -0.25) is 9.59 Å². The molecule has 0 fully saturated rings. The van der Waals surface area contributed by atoms with Crippen LogP contribution in [0, 0.1) is 0 Å². The molecule has 0 radical (unpaired) electrons. The predicted octanol–water partition coefficient (Wildman–Crippen LogP) is -0.536. The number of aliphatic hydroxyl groups excluding tert-OH is 1. The maximum atomic E-state index is 11.5. The van der Waals surface area contributed by atoms with E-state index in [1.165, 1.54) is 0 Å². The van der Waals surface area contributed by atoms with Gasteiger partial charge in [0, 0.05) is 25.0 Å². The summed E-state index contributed by atoms with van der Waals surface area (Å²) in [5.41, 5.74) is 7.45. The first kappa shape index (κ1) is 12.5. The Morgan fingerprint density at radius 1 is 1.61 bits per heavy atom. The standard InChI is InChI=1S/C12H15N3O3/c1-15-9-3-2-8(4-7(9)5-11(15)17)14-12(18)10(16)6-13/h2-4,10,16H,5-6,13H2,1H3,(H,14,18). The van der Waals surface area contributed by atoms with E-state index in [1.54, 1.807) is 30.1 Å². The zero-order valence-electron chi connectivity index (χ0n) is 10.0. The topological polar surface area (TPSA) is 95.7 Å². The quantitative estimate of drug-likeness (QED) is 0.670. The number of anilines is 2. The molecule has 1 heterocycles. The Morgan fingerprint density at radius 2 is 2.33 bits per heavy atom. The number of nitrogens with zero attached hydrogens (tertiary/aromatic N) is 1. The molecule has 0 saturated carbocycles. The number of fused-ring (bicyclic) bond motifs is 1. The van der Waals surface area contributed by atoms with Crippen LogP contribution in [0.2, 0.25) is 0 Å². The molecule has 0 spiro atoms. The van der Waals surface area contributed by atoms with Crippen molar-refractivity contribution >= 4 is 23.2 Å². The van der Waals surface area contributed by atoms with Crippen molar-refractivity contribution in [3.05, 3.63) is 23.8 Å². The molecular formula is C12H15N3O3. The second-order valence-electron chi connectivity index (χ2n) is 4.21. The number of hydrogen-bond acceptors (Lipinski definition) is 4. The zero-order valence-corrected chi connectivity index (χ0v) is 10.0. The minimum Gasteiger partial charge on any atom is -0.382 e. The molecule has 1 atom stereocenters. The first-order valence-corrected chi connectivity index (χ1v) is 5.61. The van der Waals surface area contributed by atoms with Crippen LogP contribution in [0.5, 0.6) is 0 Å². The van der Waals surface area contributed by atoms with Gasteiger partial charge in [0.25, 0.3) is 5.91 Å². The largest absolute Gasteiger partial charge is 0.382 e. The molecule has 1 aliphatic rings. The van der Waals surface area contributed by atoms with E-state index in [2.05, 4.69) is 5.32 Å². The summed E-state index contributed by atoms with van der Waals surface area (Å²) in [4.78, 5) is 24.5. The van der Waals surface area contributed by atoms with E-state index in [4.69, 9.17) is 5.73 Å². The normalized spacial score (nSPS) is 15.5. The van der Waals surface area contributed by atoms with Gasteiger partial charge < -0.3 is 21.1 Å². The van der Waals surface area contributed by atoms with Gasteiger partial charge in [0.2, 0.25) is 5.91 Å². The lowest BCUT2D eigenvalue weighted by atomic mass is 10.1. The van der Waals surface area contributed by atoms with E-state index >= 15 is 0 Å². The Hall–Kier alpha value is -1.92. The average Bonchev–Trinajstić information content (AvgIpc) is 2.63. The average molecular weight is 249 g/mol. The van der Waals surface area contributed by atoms with Crippen molar-refractivity contribution in [2.75, 3.05) is 23.8 Å². The Labute approximate surface area is 104 Å². The van der Waals surface area contributed by atoms with Gasteiger partial charge in [-0.2, -0.15) is 0 Å². The van der Waals surface area contributed by atoms with E-state index in [-0.39, 0.29) is 12.5 Å². The van der Waals surface area contributed by atoms with Crippen molar-refractivity contribution in [3.63, 3.8) is 0 Å². The van der Waals surface area contributed by atoms with Crippen LogP contribution in [0.25, 0.3) is 0 Å². The fourth-order valence-corrected chi connectivity index (χ4v) is 1.88. The Morgan fingerprint density at radius 3 is 3.00 bits per heavy atom. The molecule has 0 aliphatic carbocycles. The lowest BCUT2D eigenvalue weighted by Crippen LogP contribution is -2.34.